The van der Waals surface area contributed by atoms with Crippen LogP contribution < -0.4 is 9.64 Å². The summed E-state index contributed by atoms with van der Waals surface area (Å²) in [6, 6.07) is 10.7. The minimum Gasteiger partial charge on any atom is -0.497 e. The van der Waals surface area contributed by atoms with Gasteiger partial charge >= 0.3 is 0 Å². The predicted octanol–water partition coefficient (Wildman–Crippen LogP) is 3.13. The standard InChI is InChI=1S/C19H12Cl2N2O5/c1-27-11-5-2-9(3-6-11)16(24)15-14-17(28-22-15)19(26)23(18(14)25)13-8-10(20)4-7-12(13)21/h2-8,14,17H,1H3. The number of hydrogen-bond donors (Lipinski definition) is 0. The molecule has 1 saturated heterocycles. The van der Waals surface area contributed by atoms with Gasteiger partial charge in [0.15, 0.2) is 0 Å². The van der Waals surface area contributed by atoms with E-state index >= 15 is 0 Å². The van der Waals surface area contributed by atoms with E-state index in [9.17, 15) is 14.4 Å². The van der Waals surface area contributed by atoms with Gasteiger partial charge in [-0.25, -0.2) is 4.90 Å². The van der Waals surface area contributed by atoms with Crippen molar-refractivity contribution in [3.05, 3.63) is 58.1 Å². The number of nitrogens with zero attached hydrogens (tertiary/aromatic N) is 2. The number of carbonyl (C=O) groups excluding carboxylic acids is 3. The zero-order chi connectivity index (χ0) is 20.0. The number of benzene rings is 2. The first-order valence-corrected chi connectivity index (χ1v) is 8.93. The molecule has 2 heterocycles. The van der Waals surface area contributed by atoms with Gasteiger partial charge < -0.3 is 9.57 Å². The number of fused-ring (bicyclic) bond motifs is 1. The van der Waals surface area contributed by atoms with Crippen LogP contribution in [0, 0.1) is 5.92 Å². The van der Waals surface area contributed by atoms with Crippen LogP contribution in [0.4, 0.5) is 5.69 Å². The number of halogens is 2. The zero-order valence-corrected chi connectivity index (χ0v) is 15.9. The highest BCUT2D eigenvalue weighted by Gasteiger charge is 2.57. The van der Waals surface area contributed by atoms with Gasteiger partial charge in [0.1, 0.15) is 17.4 Å². The Morgan fingerprint density at radius 3 is 2.50 bits per heavy atom. The quantitative estimate of drug-likeness (QED) is 0.562. The number of rotatable bonds is 4. The molecule has 0 radical (unpaired) electrons. The maximum atomic E-state index is 13.0. The van der Waals surface area contributed by atoms with Crippen molar-refractivity contribution in [2.45, 2.75) is 6.10 Å². The molecule has 2 amide bonds. The molecule has 0 saturated carbocycles. The molecule has 2 atom stereocenters. The number of imide groups is 1. The average molecular weight is 419 g/mol. The van der Waals surface area contributed by atoms with Gasteiger partial charge in [-0.2, -0.15) is 0 Å². The number of hydrogen-bond acceptors (Lipinski definition) is 6. The van der Waals surface area contributed by atoms with Gasteiger partial charge in [0.2, 0.25) is 17.8 Å². The Bertz CT molecular complexity index is 1040. The van der Waals surface area contributed by atoms with Crippen LogP contribution >= 0.6 is 23.2 Å². The highest BCUT2D eigenvalue weighted by molar-refractivity contribution is 6.53. The summed E-state index contributed by atoms with van der Waals surface area (Å²) in [4.78, 5) is 44.6. The summed E-state index contributed by atoms with van der Waals surface area (Å²) in [7, 11) is 1.51. The lowest BCUT2D eigenvalue weighted by Crippen LogP contribution is -2.34. The highest BCUT2D eigenvalue weighted by Crippen LogP contribution is 2.38. The van der Waals surface area contributed by atoms with E-state index in [-0.39, 0.29) is 16.4 Å². The molecule has 0 N–H and O–H groups in total. The van der Waals surface area contributed by atoms with Crippen LogP contribution in [0.15, 0.2) is 47.6 Å². The molecule has 0 bridgehead atoms. The van der Waals surface area contributed by atoms with Crippen LogP contribution in [-0.4, -0.2) is 36.5 Å². The highest BCUT2D eigenvalue weighted by atomic mass is 35.5. The summed E-state index contributed by atoms with van der Waals surface area (Å²) >= 11 is 12.1. The van der Waals surface area contributed by atoms with Gasteiger partial charge in [0.05, 0.1) is 17.8 Å². The van der Waals surface area contributed by atoms with E-state index < -0.39 is 29.6 Å². The second kappa shape index (κ2) is 6.92. The van der Waals surface area contributed by atoms with Crippen molar-refractivity contribution in [2.75, 3.05) is 12.0 Å². The molecule has 28 heavy (non-hydrogen) atoms. The zero-order valence-electron chi connectivity index (χ0n) is 14.4. The van der Waals surface area contributed by atoms with Crippen molar-refractivity contribution in [1.29, 1.82) is 0 Å². The molecular weight excluding hydrogens is 407 g/mol. The summed E-state index contributed by atoms with van der Waals surface area (Å²) in [5.74, 6) is -2.36. The maximum Gasteiger partial charge on any atom is 0.279 e. The number of methoxy groups -OCH3 is 1. The summed E-state index contributed by atoms with van der Waals surface area (Å²) in [5, 5.41) is 4.20. The third-order valence-electron chi connectivity index (χ3n) is 4.55. The summed E-state index contributed by atoms with van der Waals surface area (Å²) < 4.78 is 5.06. The number of ketones is 1. The molecule has 1 fully saturated rings. The van der Waals surface area contributed by atoms with Crippen LogP contribution in [0.5, 0.6) is 5.75 Å². The average Bonchev–Trinajstić information content (AvgIpc) is 3.24. The molecule has 4 rings (SSSR count). The molecule has 0 spiro atoms. The fourth-order valence-electron chi connectivity index (χ4n) is 3.15. The first-order chi connectivity index (χ1) is 13.4. The Balaban J connectivity index is 1.66. The van der Waals surface area contributed by atoms with Crippen LogP contribution in [0.1, 0.15) is 10.4 Å². The normalized spacial score (nSPS) is 20.7. The van der Waals surface area contributed by atoms with E-state index in [2.05, 4.69) is 5.16 Å². The fraction of sp³-hybridized carbons (Fsp3) is 0.158. The van der Waals surface area contributed by atoms with E-state index in [1.165, 1.54) is 25.3 Å². The molecule has 9 heteroatoms. The Morgan fingerprint density at radius 1 is 1.11 bits per heavy atom. The third kappa shape index (κ3) is 2.83. The molecule has 0 aromatic heterocycles. The minimum absolute atomic E-state index is 0.130. The third-order valence-corrected chi connectivity index (χ3v) is 5.10. The SMILES string of the molecule is COc1ccc(C(=O)C2=NOC3C(=O)N(c4cc(Cl)ccc4Cl)C(=O)C23)cc1. The van der Waals surface area contributed by atoms with Gasteiger partial charge in [-0.15, -0.1) is 0 Å². The molecule has 2 aromatic rings. The van der Waals surface area contributed by atoms with Crippen molar-refractivity contribution >= 4 is 52.2 Å². The predicted molar refractivity (Wildman–Crippen MR) is 102 cm³/mol. The van der Waals surface area contributed by atoms with Gasteiger partial charge in [0, 0.05) is 10.6 Å². The smallest absolute Gasteiger partial charge is 0.279 e. The molecule has 2 aliphatic rings. The topological polar surface area (TPSA) is 85.3 Å². The number of oxime groups is 1. The van der Waals surface area contributed by atoms with Crippen molar-refractivity contribution in [1.82, 2.24) is 0 Å². The van der Waals surface area contributed by atoms with Crippen LogP contribution in [0.25, 0.3) is 0 Å². The minimum atomic E-state index is -1.21. The number of Topliss-reactive ketones (excluding diaryl/α,β-unsaturated/α-hetero) is 1. The number of ether oxygens (including phenoxy) is 1. The van der Waals surface area contributed by atoms with Gasteiger partial charge in [0.25, 0.3) is 5.91 Å². The van der Waals surface area contributed by atoms with Crippen LogP contribution in [0.2, 0.25) is 10.0 Å². The lowest BCUT2D eigenvalue weighted by molar-refractivity contribution is -0.126. The lowest BCUT2D eigenvalue weighted by atomic mass is 9.93. The second-order valence-corrected chi connectivity index (χ2v) is 6.99. The first-order valence-electron chi connectivity index (χ1n) is 8.17. The second-order valence-electron chi connectivity index (χ2n) is 6.15. The summed E-state index contributed by atoms with van der Waals surface area (Å²) in [6.07, 6.45) is -1.21. The van der Waals surface area contributed by atoms with E-state index in [0.717, 1.165) is 4.90 Å². The first kappa shape index (κ1) is 18.5. The lowest BCUT2D eigenvalue weighted by Gasteiger charge is -2.17. The van der Waals surface area contributed by atoms with Crippen molar-refractivity contribution in [3.63, 3.8) is 0 Å². The van der Waals surface area contributed by atoms with E-state index in [1.54, 1.807) is 24.3 Å². The van der Waals surface area contributed by atoms with Crippen molar-refractivity contribution < 1.29 is 24.0 Å². The number of amides is 2. The Hall–Kier alpha value is -2.90. The molecule has 2 aliphatic heterocycles. The van der Waals surface area contributed by atoms with Crippen molar-refractivity contribution in [3.8, 4) is 5.75 Å². The van der Waals surface area contributed by atoms with E-state index in [1.807, 2.05) is 0 Å². The molecule has 2 aromatic carbocycles. The Morgan fingerprint density at radius 2 is 1.82 bits per heavy atom. The molecule has 0 aliphatic carbocycles. The van der Waals surface area contributed by atoms with Gasteiger partial charge in [-0.05, 0) is 42.5 Å². The molecule has 2 unspecified atom stereocenters. The van der Waals surface area contributed by atoms with Gasteiger partial charge in [-0.1, -0.05) is 28.4 Å². The molecule has 142 valence electrons. The van der Waals surface area contributed by atoms with Gasteiger partial charge in [-0.3, -0.25) is 14.4 Å². The molecular formula is C19H12Cl2N2O5. The summed E-state index contributed by atoms with van der Waals surface area (Å²) in [6.45, 7) is 0. The summed E-state index contributed by atoms with van der Waals surface area (Å²) in [5.41, 5.74) is 0.302. The number of anilines is 1. The van der Waals surface area contributed by atoms with Crippen LogP contribution in [-0.2, 0) is 14.4 Å². The molecule has 7 nitrogen and oxygen atoms in total. The Kier molecular flexibility index (Phi) is 4.56. The van der Waals surface area contributed by atoms with E-state index in [0.29, 0.717) is 16.3 Å². The number of carbonyl (C=O) groups is 3. The fourth-order valence-corrected chi connectivity index (χ4v) is 3.52. The largest absolute Gasteiger partial charge is 0.497 e. The van der Waals surface area contributed by atoms with Crippen molar-refractivity contribution in [2.24, 2.45) is 11.1 Å². The van der Waals surface area contributed by atoms with Crippen LogP contribution in [0.3, 0.4) is 0 Å². The van der Waals surface area contributed by atoms with E-state index in [4.69, 9.17) is 32.8 Å². The monoisotopic (exact) mass is 418 g/mol. The Labute approximate surface area is 169 Å². The maximum absolute atomic E-state index is 13.0.